The van der Waals surface area contributed by atoms with E-state index in [-0.39, 0.29) is 23.6 Å². The number of halogens is 1. The molecule has 0 aliphatic carbocycles. The van der Waals surface area contributed by atoms with Gasteiger partial charge < -0.3 is 14.4 Å². The number of pyridine rings is 2. The average Bonchev–Trinajstić information content (AvgIpc) is 3.30. The number of aliphatic hydroxyl groups is 1. The van der Waals surface area contributed by atoms with Gasteiger partial charge in [0.05, 0.1) is 17.3 Å². The molecule has 1 N–H and O–H groups in total. The molecule has 1 unspecified atom stereocenters. The molecule has 0 bridgehead atoms. The summed E-state index contributed by atoms with van der Waals surface area (Å²) < 4.78 is 2.73. The SMILES string of the molecule is Cc1cccn2c(C)c(C(O)=C3C(=O)C(=O)N(Cc4cccnc4)C3c3ccc(Br)cc3)nc12. The molecule has 1 fully saturated rings. The number of imidazole rings is 1. The highest BCUT2D eigenvalue weighted by Gasteiger charge is 2.46. The predicted octanol–water partition coefficient (Wildman–Crippen LogP) is 4.73. The van der Waals surface area contributed by atoms with Crippen LogP contribution in [0.5, 0.6) is 0 Å². The van der Waals surface area contributed by atoms with E-state index in [1.54, 1.807) is 18.5 Å². The number of fused-ring (bicyclic) bond motifs is 1. The highest BCUT2D eigenvalue weighted by atomic mass is 79.9. The minimum absolute atomic E-state index is 0.0281. The summed E-state index contributed by atoms with van der Waals surface area (Å²) in [5.74, 6) is -1.68. The minimum Gasteiger partial charge on any atom is -0.505 e. The first kappa shape index (κ1) is 22.0. The van der Waals surface area contributed by atoms with Gasteiger partial charge in [0.15, 0.2) is 5.76 Å². The second-order valence-corrected chi connectivity index (χ2v) is 9.19. The lowest BCUT2D eigenvalue weighted by molar-refractivity contribution is -0.140. The van der Waals surface area contributed by atoms with Crippen LogP contribution in [0.1, 0.15) is 34.1 Å². The van der Waals surface area contributed by atoms with Crippen LogP contribution in [-0.2, 0) is 16.1 Å². The maximum atomic E-state index is 13.3. The first-order valence-corrected chi connectivity index (χ1v) is 11.5. The highest BCUT2D eigenvalue weighted by Crippen LogP contribution is 2.41. The number of hydrogen-bond donors (Lipinski definition) is 1. The zero-order valence-electron chi connectivity index (χ0n) is 18.6. The molecule has 3 aromatic heterocycles. The molecule has 1 aromatic carbocycles. The van der Waals surface area contributed by atoms with Crippen LogP contribution in [0, 0.1) is 13.8 Å². The number of Topliss-reactive ketones (excluding diaryl/α,β-unsaturated/α-hetero) is 1. The van der Waals surface area contributed by atoms with E-state index in [9.17, 15) is 14.7 Å². The Balaban J connectivity index is 1.71. The van der Waals surface area contributed by atoms with Crippen molar-refractivity contribution < 1.29 is 14.7 Å². The molecule has 1 atom stereocenters. The summed E-state index contributed by atoms with van der Waals surface area (Å²) in [5.41, 5.74) is 4.12. The number of aryl methyl sites for hydroxylation is 2. The van der Waals surface area contributed by atoms with Gasteiger partial charge in [-0.05, 0) is 54.8 Å². The molecule has 4 aromatic rings. The van der Waals surface area contributed by atoms with Crippen molar-refractivity contribution in [3.63, 3.8) is 0 Å². The van der Waals surface area contributed by atoms with E-state index in [1.165, 1.54) is 4.90 Å². The number of carbonyl (C=O) groups is 2. The van der Waals surface area contributed by atoms with E-state index < -0.39 is 17.7 Å². The van der Waals surface area contributed by atoms with Gasteiger partial charge in [-0.1, -0.05) is 40.2 Å². The fraction of sp³-hybridized carbons (Fsp3) is 0.154. The molecule has 7 nitrogen and oxygen atoms in total. The number of nitrogens with zero attached hydrogens (tertiary/aromatic N) is 4. The summed E-state index contributed by atoms with van der Waals surface area (Å²) in [5, 5.41) is 11.4. The van der Waals surface area contributed by atoms with Crippen LogP contribution in [0.2, 0.25) is 0 Å². The van der Waals surface area contributed by atoms with Crippen LogP contribution in [0.15, 0.2) is 77.2 Å². The standard InChI is InChI=1S/C26H21BrN4O3/c1-15-5-4-12-30-16(2)21(29-25(15)30)23(32)20-22(18-7-9-19(27)10-8-18)31(26(34)24(20)33)14-17-6-3-11-28-13-17/h3-13,22,32H,14H2,1-2H3. The zero-order chi connectivity index (χ0) is 24.0. The molecule has 8 heteroatoms. The van der Waals surface area contributed by atoms with Crippen LogP contribution < -0.4 is 0 Å². The van der Waals surface area contributed by atoms with Gasteiger partial charge in [-0.2, -0.15) is 0 Å². The van der Waals surface area contributed by atoms with E-state index in [4.69, 9.17) is 0 Å². The molecule has 0 spiro atoms. The van der Waals surface area contributed by atoms with Gasteiger partial charge in [0, 0.05) is 29.6 Å². The fourth-order valence-electron chi connectivity index (χ4n) is 4.40. The maximum Gasteiger partial charge on any atom is 0.295 e. The van der Waals surface area contributed by atoms with E-state index in [2.05, 4.69) is 25.9 Å². The third kappa shape index (κ3) is 3.60. The lowest BCUT2D eigenvalue weighted by Gasteiger charge is -2.25. The molecule has 5 rings (SSSR count). The first-order valence-electron chi connectivity index (χ1n) is 10.7. The monoisotopic (exact) mass is 516 g/mol. The Bertz CT molecular complexity index is 1460. The van der Waals surface area contributed by atoms with Crippen molar-refractivity contribution in [3.8, 4) is 0 Å². The molecular weight excluding hydrogens is 496 g/mol. The van der Waals surface area contributed by atoms with Crippen LogP contribution in [-0.4, -0.2) is 36.1 Å². The number of amides is 1. The summed E-state index contributed by atoms with van der Waals surface area (Å²) in [6, 6.07) is 14.1. The number of aromatic nitrogens is 3. The third-order valence-electron chi connectivity index (χ3n) is 6.11. The Kier molecular flexibility index (Phi) is 5.53. The van der Waals surface area contributed by atoms with Gasteiger partial charge >= 0.3 is 0 Å². The number of ketones is 1. The smallest absolute Gasteiger partial charge is 0.295 e. The van der Waals surface area contributed by atoms with Gasteiger partial charge in [0.1, 0.15) is 11.3 Å². The number of rotatable bonds is 4. The van der Waals surface area contributed by atoms with Crippen molar-refractivity contribution in [1.29, 1.82) is 0 Å². The van der Waals surface area contributed by atoms with Crippen molar-refractivity contribution in [1.82, 2.24) is 19.3 Å². The van der Waals surface area contributed by atoms with Gasteiger partial charge in [0.25, 0.3) is 11.7 Å². The van der Waals surface area contributed by atoms with Gasteiger partial charge in [-0.15, -0.1) is 0 Å². The van der Waals surface area contributed by atoms with Gasteiger partial charge in [-0.3, -0.25) is 14.6 Å². The normalized spacial score (nSPS) is 17.6. The molecule has 1 saturated heterocycles. The molecule has 0 saturated carbocycles. The predicted molar refractivity (Wildman–Crippen MR) is 131 cm³/mol. The van der Waals surface area contributed by atoms with Crippen LogP contribution in [0.3, 0.4) is 0 Å². The van der Waals surface area contributed by atoms with E-state index in [1.807, 2.05) is 66.9 Å². The van der Waals surface area contributed by atoms with E-state index in [0.717, 1.165) is 15.6 Å². The average molecular weight is 517 g/mol. The number of carbonyl (C=O) groups excluding carboxylic acids is 2. The topological polar surface area (TPSA) is 87.8 Å². The summed E-state index contributed by atoms with van der Waals surface area (Å²) >= 11 is 3.43. The lowest BCUT2D eigenvalue weighted by Crippen LogP contribution is -2.29. The Labute approximate surface area is 204 Å². The van der Waals surface area contributed by atoms with Crippen molar-refractivity contribution in [3.05, 3.63) is 105 Å². The molecule has 34 heavy (non-hydrogen) atoms. The third-order valence-corrected chi connectivity index (χ3v) is 6.64. The van der Waals surface area contributed by atoms with E-state index >= 15 is 0 Å². The van der Waals surface area contributed by atoms with Gasteiger partial charge in [0.2, 0.25) is 0 Å². The highest BCUT2D eigenvalue weighted by molar-refractivity contribution is 9.10. The van der Waals surface area contributed by atoms with E-state index in [0.29, 0.717) is 16.9 Å². The Morgan fingerprint density at radius 2 is 1.85 bits per heavy atom. The van der Waals surface area contributed by atoms with Crippen molar-refractivity contribution >= 4 is 39.0 Å². The fourth-order valence-corrected chi connectivity index (χ4v) is 4.66. The molecule has 0 radical (unpaired) electrons. The zero-order valence-corrected chi connectivity index (χ0v) is 20.2. The summed E-state index contributed by atoms with van der Waals surface area (Å²) in [7, 11) is 0. The number of aliphatic hydroxyl groups excluding tert-OH is 1. The quantitative estimate of drug-likeness (QED) is 0.240. The van der Waals surface area contributed by atoms with Crippen LogP contribution in [0.4, 0.5) is 0 Å². The Hall–Kier alpha value is -3.78. The van der Waals surface area contributed by atoms with Crippen molar-refractivity contribution in [2.75, 3.05) is 0 Å². The number of benzene rings is 1. The second kappa shape index (κ2) is 8.53. The summed E-state index contributed by atoms with van der Waals surface area (Å²) in [4.78, 5) is 36.7. The Morgan fingerprint density at radius 1 is 1.09 bits per heavy atom. The summed E-state index contributed by atoms with van der Waals surface area (Å²) in [6.07, 6.45) is 5.17. The minimum atomic E-state index is -0.765. The summed E-state index contributed by atoms with van der Waals surface area (Å²) in [6.45, 7) is 3.94. The molecular formula is C26H21BrN4O3. The van der Waals surface area contributed by atoms with Crippen LogP contribution >= 0.6 is 15.9 Å². The van der Waals surface area contributed by atoms with Crippen molar-refractivity contribution in [2.45, 2.75) is 26.4 Å². The second-order valence-electron chi connectivity index (χ2n) is 8.27. The molecule has 1 aliphatic rings. The van der Waals surface area contributed by atoms with Gasteiger partial charge in [-0.25, -0.2) is 4.98 Å². The first-order chi connectivity index (χ1) is 16.4. The molecule has 4 heterocycles. The molecule has 170 valence electrons. The van der Waals surface area contributed by atoms with Crippen LogP contribution in [0.25, 0.3) is 11.4 Å². The maximum absolute atomic E-state index is 13.3. The molecule has 1 aliphatic heterocycles. The Morgan fingerprint density at radius 3 is 2.53 bits per heavy atom. The largest absolute Gasteiger partial charge is 0.505 e. The lowest BCUT2D eigenvalue weighted by atomic mass is 9.96. The van der Waals surface area contributed by atoms with Crippen molar-refractivity contribution in [2.24, 2.45) is 0 Å². The number of hydrogen-bond acceptors (Lipinski definition) is 5. The molecule has 1 amide bonds. The number of likely N-dealkylation sites (tertiary alicyclic amines) is 1.